The summed E-state index contributed by atoms with van der Waals surface area (Å²) in [5.74, 6) is -1.20. The van der Waals surface area contributed by atoms with E-state index in [9.17, 15) is 14.0 Å². The monoisotopic (exact) mass is 330 g/mol. The molecule has 5 nitrogen and oxygen atoms in total. The van der Waals surface area contributed by atoms with Crippen LogP contribution in [0.25, 0.3) is 0 Å². The fourth-order valence-corrected chi connectivity index (χ4v) is 2.09. The van der Waals surface area contributed by atoms with Crippen molar-refractivity contribution in [1.29, 1.82) is 0 Å². The van der Waals surface area contributed by atoms with Crippen LogP contribution in [-0.4, -0.2) is 32.1 Å². The molecule has 0 saturated heterocycles. The third-order valence-corrected chi connectivity index (χ3v) is 3.40. The Hall–Kier alpha value is -2.89. The molecule has 6 heteroatoms. The van der Waals surface area contributed by atoms with E-state index in [0.717, 1.165) is 5.56 Å². The summed E-state index contributed by atoms with van der Waals surface area (Å²) in [5, 5.41) is 5.55. The molecule has 0 atom stereocenters. The molecule has 0 spiro atoms. The molecule has 0 bridgehead atoms. The van der Waals surface area contributed by atoms with Gasteiger partial charge in [-0.05, 0) is 36.2 Å². The zero-order valence-corrected chi connectivity index (χ0v) is 13.3. The van der Waals surface area contributed by atoms with Crippen LogP contribution >= 0.6 is 0 Å². The highest BCUT2D eigenvalue weighted by molar-refractivity contribution is 5.96. The summed E-state index contributed by atoms with van der Waals surface area (Å²) in [5.41, 5.74) is 1.98. The standard InChI is InChI=1S/C18H19FN2O3/c1-20-17(22)12-24-18(23)15-4-2-3-5-16(15)21-11-10-13-6-8-14(19)9-7-13/h2-9,21H,10-12H2,1H3,(H,20,22). The van der Waals surface area contributed by atoms with Gasteiger partial charge in [0.25, 0.3) is 5.91 Å². The van der Waals surface area contributed by atoms with Gasteiger partial charge in [-0.25, -0.2) is 9.18 Å². The molecule has 24 heavy (non-hydrogen) atoms. The van der Waals surface area contributed by atoms with Crippen molar-refractivity contribution in [3.05, 3.63) is 65.5 Å². The van der Waals surface area contributed by atoms with Crippen LogP contribution < -0.4 is 10.6 Å². The number of carbonyl (C=O) groups excluding carboxylic acids is 2. The van der Waals surface area contributed by atoms with Gasteiger partial charge in [0.15, 0.2) is 6.61 Å². The summed E-state index contributed by atoms with van der Waals surface area (Å²) in [6, 6.07) is 13.2. The molecule has 0 unspecified atom stereocenters. The summed E-state index contributed by atoms with van der Waals surface area (Å²) >= 11 is 0. The topological polar surface area (TPSA) is 67.4 Å². The maximum atomic E-state index is 12.9. The Morgan fingerprint density at radius 1 is 1.08 bits per heavy atom. The van der Waals surface area contributed by atoms with E-state index in [-0.39, 0.29) is 18.3 Å². The molecule has 0 heterocycles. The number of anilines is 1. The lowest BCUT2D eigenvalue weighted by molar-refractivity contribution is -0.123. The number of amides is 1. The zero-order valence-electron chi connectivity index (χ0n) is 13.3. The molecule has 2 aromatic rings. The Labute approximate surface area is 139 Å². The van der Waals surface area contributed by atoms with Crippen LogP contribution in [0.5, 0.6) is 0 Å². The first-order chi connectivity index (χ1) is 11.6. The minimum Gasteiger partial charge on any atom is -0.452 e. The zero-order chi connectivity index (χ0) is 17.4. The lowest BCUT2D eigenvalue weighted by atomic mass is 10.1. The average molecular weight is 330 g/mol. The number of esters is 1. The SMILES string of the molecule is CNC(=O)COC(=O)c1ccccc1NCCc1ccc(F)cc1. The van der Waals surface area contributed by atoms with E-state index in [0.29, 0.717) is 24.2 Å². The summed E-state index contributed by atoms with van der Waals surface area (Å²) in [6.45, 7) is 0.255. The number of carbonyl (C=O) groups is 2. The number of rotatable bonds is 7. The minimum absolute atomic E-state index is 0.268. The molecule has 0 aliphatic rings. The Bertz CT molecular complexity index is 702. The van der Waals surface area contributed by atoms with Gasteiger partial charge in [-0.1, -0.05) is 24.3 Å². The largest absolute Gasteiger partial charge is 0.452 e. The number of hydrogen-bond acceptors (Lipinski definition) is 4. The lowest BCUT2D eigenvalue weighted by Crippen LogP contribution is -2.25. The molecule has 0 aliphatic heterocycles. The van der Waals surface area contributed by atoms with Gasteiger partial charge in [0, 0.05) is 19.3 Å². The molecule has 2 aromatic carbocycles. The van der Waals surface area contributed by atoms with Crippen molar-refractivity contribution in [3.63, 3.8) is 0 Å². The molecule has 1 amide bonds. The molecule has 0 fully saturated rings. The lowest BCUT2D eigenvalue weighted by Gasteiger charge is -2.11. The van der Waals surface area contributed by atoms with Crippen molar-refractivity contribution in [3.8, 4) is 0 Å². The van der Waals surface area contributed by atoms with Gasteiger partial charge >= 0.3 is 5.97 Å². The molecule has 0 aromatic heterocycles. The average Bonchev–Trinajstić information content (AvgIpc) is 2.61. The fraction of sp³-hybridized carbons (Fsp3) is 0.222. The summed E-state index contributed by atoms with van der Waals surface area (Å²) in [4.78, 5) is 23.2. The number of hydrogen-bond donors (Lipinski definition) is 2. The highest BCUT2D eigenvalue weighted by atomic mass is 19.1. The first-order valence-electron chi connectivity index (χ1n) is 7.55. The van der Waals surface area contributed by atoms with E-state index in [1.165, 1.54) is 19.2 Å². The van der Waals surface area contributed by atoms with Gasteiger partial charge in [-0.3, -0.25) is 4.79 Å². The van der Waals surface area contributed by atoms with Crippen molar-refractivity contribution in [2.75, 3.05) is 25.5 Å². The van der Waals surface area contributed by atoms with Gasteiger partial charge in [0.05, 0.1) is 5.56 Å². The third-order valence-electron chi connectivity index (χ3n) is 3.40. The number of benzene rings is 2. The molecular weight excluding hydrogens is 311 g/mol. The van der Waals surface area contributed by atoms with Crippen LogP contribution in [0.2, 0.25) is 0 Å². The Kier molecular flexibility index (Phi) is 6.31. The number of ether oxygens (including phenoxy) is 1. The van der Waals surface area contributed by atoms with Crippen LogP contribution in [-0.2, 0) is 16.0 Å². The number of nitrogens with one attached hydrogen (secondary N) is 2. The first kappa shape index (κ1) is 17.5. The molecule has 0 aliphatic carbocycles. The van der Waals surface area contributed by atoms with Gasteiger partial charge in [-0.15, -0.1) is 0 Å². The van der Waals surface area contributed by atoms with Crippen LogP contribution in [0.15, 0.2) is 48.5 Å². The normalized spacial score (nSPS) is 10.1. The van der Waals surface area contributed by atoms with Gasteiger partial charge in [-0.2, -0.15) is 0 Å². The van der Waals surface area contributed by atoms with E-state index in [1.54, 1.807) is 36.4 Å². The maximum Gasteiger partial charge on any atom is 0.340 e. The minimum atomic E-state index is -0.566. The third kappa shape index (κ3) is 5.08. The Morgan fingerprint density at radius 3 is 2.50 bits per heavy atom. The number of halogens is 1. The predicted molar refractivity (Wildman–Crippen MR) is 89.4 cm³/mol. The highest BCUT2D eigenvalue weighted by Gasteiger charge is 2.13. The van der Waals surface area contributed by atoms with E-state index >= 15 is 0 Å². The van der Waals surface area contributed by atoms with Crippen LogP contribution in [0.4, 0.5) is 10.1 Å². The van der Waals surface area contributed by atoms with E-state index < -0.39 is 5.97 Å². The number of likely N-dealkylation sites (N-methyl/N-ethyl adjacent to an activating group) is 1. The van der Waals surface area contributed by atoms with E-state index in [4.69, 9.17) is 4.74 Å². The van der Waals surface area contributed by atoms with Crippen LogP contribution in [0, 0.1) is 5.82 Å². The van der Waals surface area contributed by atoms with Crippen molar-refractivity contribution >= 4 is 17.6 Å². The Balaban J connectivity index is 1.94. The second-order valence-corrected chi connectivity index (χ2v) is 5.10. The first-order valence-corrected chi connectivity index (χ1v) is 7.55. The Morgan fingerprint density at radius 2 is 1.79 bits per heavy atom. The van der Waals surface area contributed by atoms with Gasteiger partial charge < -0.3 is 15.4 Å². The molecule has 0 radical (unpaired) electrons. The van der Waals surface area contributed by atoms with Crippen molar-refractivity contribution in [1.82, 2.24) is 5.32 Å². The second-order valence-electron chi connectivity index (χ2n) is 5.10. The maximum absolute atomic E-state index is 12.9. The van der Waals surface area contributed by atoms with E-state index in [1.807, 2.05) is 0 Å². The molecule has 2 N–H and O–H groups in total. The smallest absolute Gasteiger partial charge is 0.340 e. The molecule has 0 saturated carbocycles. The van der Waals surface area contributed by atoms with Crippen LogP contribution in [0.1, 0.15) is 15.9 Å². The van der Waals surface area contributed by atoms with Crippen molar-refractivity contribution < 1.29 is 18.7 Å². The molecule has 126 valence electrons. The molecule has 2 rings (SSSR count). The predicted octanol–water partition coefficient (Wildman–Crippen LogP) is 2.38. The summed E-state index contributed by atoms with van der Waals surface area (Å²) in [6.07, 6.45) is 0.682. The van der Waals surface area contributed by atoms with Crippen molar-refractivity contribution in [2.45, 2.75) is 6.42 Å². The number of para-hydroxylation sites is 1. The summed E-state index contributed by atoms with van der Waals surface area (Å²) < 4.78 is 17.8. The summed E-state index contributed by atoms with van der Waals surface area (Å²) in [7, 11) is 1.47. The van der Waals surface area contributed by atoms with Crippen LogP contribution in [0.3, 0.4) is 0 Å². The van der Waals surface area contributed by atoms with Gasteiger partial charge in [0.1, 0.15) is 5.82 Å². The van der Waals surface area contributed by atoms with Gasteiger partial charge in [0.2, 0.25) is 0 Å². The quantitative estimate of drug-likeness (QED) is 0.765. The molecular formula is C18H19FN2O3. The van der Waals surface area contributed by atoms with E-state index in [2.05, 4.69) is 10.6 Å². The second kappa shape index (κ2) is 8.67. The highest BCUT2D eigenvalue weighted by Crippen LogP contribution is 2.16. The fourth-order valence-electron chi connectivity index (χ4n) is 2.09. The van der Waals surface area contributed by atoms with Crippen molar-refractivity contribution in [2.24, 2.45) is 0 Å².